The second kappa shape index (κ2) is 2.70. The van der Waals surface area contributed by atoms with Crippen LogP contribution in [0.15, 0.2) is 24.8 Å². The van der Waals surface area contributed by atoms with E-state index in [1.54, 1.807) is 12.1 Å². The molecule has 0 fully saturated rings. The van der Waals surface area contributed by atoms with E-state index < -0.39 is 0 Å². The second-order valence-electron chi connectivity index (χ2n) is 1.69. The molecule has 0 unspecified atom stereocenters. The predicted molar refractivity (Wildman–Crippen MR) is 40.4 cm³/mol. The summed E-state index contributed by atoms with van der Waals surface area (Å²) in [5.41, 5.74) is 1.00. The second-order valence-corrected chi connectivity index (χ2v) is 2.13. The minimum atomic E-state index is 0.701. The maximum atomic E-state index is 5.64. The van der Waals surface area contributed by atoms with Gasteiger partial charge in [-0.3, -0.25) is 0 Å². The van der Waals surface area contributed by atoms with E-state index in [-0.39, 0.29) is 0 Å². The van der Waals surface area contributed by atoms with Gasteiger partial charge in [-0.25, -0.2) is 0 Å². The fourth-order valence-electron chi connectivity index (χ4n) is 0.578. The lowest BCUT2D eigenvalue weighted by Crippen LogP contribution is -1.68. The van der Waals surface area contributed by atoms with Crippen molar-refractivity contribution in [2.24, 2.45) is 0 Å². The number of benzene rings is 1. The van der Waals surface area contributed by atoms with Crippen LogP contribution in [0.5, 0.6) is 0 Å². The number of halogens is 1. The third kappa shape index (κ3) is 1.58. The number of rotatable bonds is 1. The lowest BCUT2D eigenvalue weighted by molar-refractivity contribution is 1.65. The first kappa shape index (κ1) is 6.37. The van der Waals surface area contributed by atoms with Crippen molar-refractivity contribution in [2.75, 3.05) is 0 Å². The van der Waals surface area contributed by atoms with Gasteiger partial charge in [0, 0.05) is 5.02 Å². The molecule has 0 atom stereocenters. The van der Waals surface area contributed by atoms with Gasteiger partial charge in [-0.15, -0.1) is 0 Å². The van der Waals surface area contributed by atoms with Crippen LogP contribution in [0, 0.1) is 6.07 Å². The van der Waals surface area contributed by atoms with Gasteiger partial charge in [0.15, 0.2) is 0 Å². The molecule has 0 heterocycles. The van der Waals surface area contributed by atoms with Crippen LogP contribution in [-0.4, -0.2) is 0 Å². The van der Waals surface area contributed by atoms with Crippen molar-refractivity contribution in [3.8, 4) is 0 Å². The Kier molecular flexibility index (Phi) is 1.91. The van der Waals surface area contributed by atoms with Crippen LogP contribution in [0.3, 0.4) is 0 Å². The summed E-state index contributed by atoms with van der Waals surface area (Å²) in [4.78, 5) is 0. The van der Waals surface area contributed by atoms with Crippen molar-refractivity contribution in [1.29, 1.82) is 0 Å². The normalized spacial score (nSPS) is 9.00. The van der Waals surface area contributed by atoms with Crippen molar-refractivity contribution in [3.05, 3.63) is 41.4 Å². The molecule has 0 N–H and O–H groups in total. The molecule has 0 aromatic heterocycles. The average molecular weight is 138 g/mol. The molecule has 0 aliphatic rings. The Morgan fingerprint density at radius 2 is 2.33 bits per heavy atom. The molecule has 1 aromatic rings. The zero-order valence-corrected chi connectivity index (χ0v) is 5.65. The third-order valence-corrected chi connectivity index (χ3v) is 1.23. The molecule has 1 heteroatoms. The van der Waals surface area contributed by atoms with Crippen molar-refractivity contribution in [1.82, 2.24) is 0 Å². The molecule has 0 saturated heterocycles. The lowest BCUT2D eigenvalue weighted by atomic mass is 10.2. The van der Waals surface area contributed by atoms with Crippen molar-refractivity contribution in [2.45, 2.75) is 0 Å². The molecule has 45 valence electrons. The molecule has 1 radical (unpaired) electrons. The largest absolute Gasteiger partial charge is 0.0985 e. The zero-order valence-electron chi connectivity index (χ0n) is 4.89. The van der Waals surface area contributed by atoms with Crippen LogP contribution < -0.4 is 0 Å². The molecule has 0 spiro atoms. The van der Waals surface area contributed by atoms with Crippen LogP contribution in [0.1, 0.15) is 5.56 Å². The molecule has 0 aliphatic carbocycles. The first-order chi connectivity index (χ1) is 4.33. The highest BCUT2D eigenvalue weighted by Crippen LogP contribution is 2.10. The Labute approximate surface area is 59.8 Å². The minimum absolute atomic E-state index is 0.701. The Balaban J connectivity index is 3.07. The van der Waals surface area contributed by atoms with E-state index in [0.717, 1.165) is 5.56 Å². The van der Waals surface area contributed by atoms with Gasteiger partial charge in [0.2, 0.25) is 0 Å². The van der Waals surface area contributed by atoms with Crippen LogP contribution in [0.4, 0.5) is 0 Å². The fourth-order valence-corrected chi connectivity index (χ4v) is 0.767. The molecule has 0 bridgehead atoms. The maximum absolute atomic E-state index is 5.64. The van der Waals surface area contributed by atoms with Crippen LogP contribution in [-0.2, 0) is 0 Å². The first-order valence-corrected chi connectivity index (χ1v) is 3.00. The van der Waals surface area contributed by atoms with E-state index in [4.69, 9.17) is 11.6 Å². The average Bonchev–Trinajstić information content (AvgIpc) is 1.88. The van der Waals surface area contributed by atoms with Gasteiger partial charge in [-0.1, -0.05) is 24.3 Å². The molecular formula is C8H6Cl. The molecule has 1 rings (SSSR count). The summed E-state index contributed by atoms with van der Waals surface area (Å²) in [6, 6.07) is 8.26. The van der Waals surface area contributed by atoms with E-state index in [9.17, 15) is 0 Å². The summed E-state index contributed by atoms with van der Waals surface area (Å²) < 4.78 is 0. The standard InChI is InChI=1S/C8H6Cl/c1-2-7-4-3-5-8(9)6-7/h2,4-6H,1H2. The van der Waals surface area contributed by atoms with Gasteiger partial charge >= 0.3 is 0 Å². The number of hydrogen-bond donors (Lipinski definition) is 0. The van der Waals surface area contributed by atoms with E-state index in [0.29, 0.717) is 5.02 Å². The number of hydrogen-bond acceptors (Lipinski definition) is 0. The zero-order chi connectivity index (χ0) is 6.69. The third-order valence-electron chi connectivity index (χ3n) is 1.01. The van der Waals surface area contributed by atoms with Crippen molar-refractivity contribution >= 4 is 17.7 Å². The fraction of sp³-hybridized carbons (Fsp3) is 0. The topological polar surface area (TPSA) is 0 Å². The quantitative estimate of drug-likeness (QED) is 0.559. The summed E-state index contributed by atoms with van der Waals surface area (Å²) in [6.07, 6.45) is 1.74. The Hall–Kier alpha value is -0.750. The van der Waals surface area contributed by atoms with E-state index >= 15 is 0 Å². The summed E-state index contributed by atoms with van der Waals surface area (Å²) in [5.74, 6) is 0. The smallest absolute Gasteiger partial charge is 0.0418 e. The van der Waals surface area contributed by atoms with Crippen LogP contribution in [0.25, 0.3) is 6.08 Å². The molecule has 9 heavy (non-hydrogen) atoms. The summed E-state index contributed by atoms with van der Waals surface area (Å²) in [6.45, 7) is 3.59. The summed E-state index contributed by atoms with van der Waals surface area (Å²) in [7, 11) is 0. The molecule has 0 saturated carbocycles. The highest BCUT2D eigenvalue weighted by atomic mass is 35.5. The Morgan fingerprint density at radius 3 is 2.78 bits per heavy atom. The Bertz CT molecular complexity index is 216. The van der Waals surface area contributed by atoms with Gasteiger partial charge in [0.1, 0.15) is 0 Å². The van der Waals surface area contributed by atoms with Gasteiger partial charge in [0.25, 0.3) is 0 Å². The van der Waals surface area contributed by atoms with Crippen molar-refractivity contribution in [3.63, 3.8) is 0 Å². The van der Waals surface area contributed by atoms with Gasteiger partial charge < -0.3 is 0 Å². The summed E-state index contributed by atoms with van der Waals surface area (Å²) in [5, 5.41) is 0.701. The first-order valence-electron chi connectivity index (χ1n) is 2.62. The predicted octanol–water partition coefficient (Wildman–Crippen LogP) is 2.78. The highest BCUT2D eigenvalue weighted by molar-refractivity contribution is 6.30. The highest BCUT2D eigenvalue weighted by Gasteiger charge is 1.85. The van der Waals surface area contributed by atoms with E-state index in [2.05, 4.69) is 12.6 Å². The monoisotopic (exact) mass is 137 g/mol. The van der Waals surface area contributed by atoms with Crippen LogP contribution >= 0.6 is 11.6 Å². The van der Waals surface area contributed by atoms with Crippen LogP contribution in [0.2, 0.25) is 5.02 Å². The molecule has 0 amide bonds. The molecule has 0 aliphatic heterocycles. The van der Waals surface area contributed by atoms with E-state index in [1.165, 1.54) is 0 Å². The lowest BCUT2D eigenvalue weighted by Gasteiger charge is -1.89. The van der Waals surface area contributed by atoms with Gasteiger partial charge in [-0.05, 0) is 29.8 Å². The SMILES string of the molecule is C=Cc1c[c]cc(Cl)c1. The minimum Gasteiger partial charge on any atom is -0.0985 e. The van der Waals surface area contributed by atoms with Gasteiger partial charge in [0.05, 0.1) is 0 Å². The van der Waals surface area contributed by atoms with E-state index in [1.807, 2.05) is 12.1 Å². The summed E-state index contributed by atoms with van der Waals surface area (Å²) >= 11 is 5.64. The Morgan fingerprint density at radius 1 is 1.56 bits per heavy atom. The molecular weight excluding hydrogens is 132 g/mol. The molecule has 1 aromatic carbocycles. The van der Waals surface area contributed by atoms with Crippen molar-refractivity contribution < 1.29 is 0 Å². The van der Waals surface area contributed by atoms with Gasteiger partial charge in [-0.2, -0.15) is 0 Å². The molecule has 0 nitrogen and oxygen atoms in total. The maximum Gasteiger partial charge on any atom is 0.0418 e.